The van der Waals surface area contributed by atoms with Gasteiger partial charge in [-0.1, -0.05) is 63.6 Å². The maximum Gasteiger partial charge on any atom is 0.306 e. The lowest BCUT2D eigenvalue weighted by atomic mass is 9.89. The Hall–Kier alpha value is -1.51. The average molecular weight is 497 g/mol. The summed E-state index contributed by atoms with van der Waals surface area (Å²) in [4.78, 5) is 11.2. The van der Waals surface area contributed by atoms with E-state index in [2.05, 4.69) is 45.9 Å². The van der Waals surface area contributed by atoms with E-state index in [-0.39, 0.29) is 24.7 Å². The monoisotopic (exact) mass is 496 g/mol. The van der Waals surface area contributed by atoms with Crippen molar-refractivity contribution in [2.45, 2.75) is 91.1 Å². The Morgan fingerprint density at radius 3 is 2.43 bits per heavy atom. The molecule has 1 aliphatic rings. The Morgan fingerprint density at radius 2 is 1.83 bits per heavy atom. The molecule has 0 saturated carbocycles. The van der Waals surface area contributed by atoms with Crippen LogP contribution < -0.4 is 0 Å². The summed E-state index contributed by atoms with van der Waals surface area (Å²) in [6, 6.07) is 0. The number of carbonyl (C=O) groups is 1. The molecule has 2 N–H and O–H groups in total. The topological polar surface area (TPSA) is 94.5 Å². The molecule has 1 aliphatic heterocycles. The number of carboxylic acid groups (broad SMARTS) is 1. The highest BCUT2D eigenvalue weighted by Crippen LogP contribution is 2.36. The van der Waals surface area contributed by atoms with E-state index in [0.717, 1.165) is 19.3 Å². The lowest BCUT2D eigenvalue weighted by Crippen LogP contribution is -2.38. The smallest absolute Gasteiger partial charge is 0.306 e. The van der Waals surface area contributed by atoms with Gasteiger partial charge in [0.25, 0.3) is 0 Å². The van der Waals surface area contributed by atoms with Crippen LogP contribution in [-0.2, 0) is 23.7 Å². The molecule has 7 nitrogen and oxygen atoms in total. The average Bonchev–Trinajstić information content (AvgIpc) is 3.31. The van der Waals surface area contributed by atoms with Gasteiger partial charge >= 0.3 is 5.97 Å². The lowest BCUT2D eigenvalue weighted by molar-refractivity contribution is -0.199. The number of allylic oxidation sites excluding steroid dienone is 5. The molecule has 202 valence electrons. The van der Waals surface area contributed by atoms with Crippen LogP contribution in [0.25, 0.3) is 0 Å². The van der Waals surface area contributed by atoms with Gasteiger partial charge in [-0.3, -0.25) is 4.79 Å². The molecule has 0 bridgehead atoms. The SMILES string of the molecule is CC/C=C/C(C)=C/[C@H](C)C[C@H](OCOC)[C@@H](O)/C=C/CC[C@H](C)C1(CC[C@H](C)C(=O)O)OCCO1. The maximum absolute atomic E-state index is 11.2. The second-order valence-corrected chi connectivity index (χ2v) is 9.73. The Morgan fingerprint density at radius 1 is 1.14 bits per heavy atom. The number of aliphatic hydroxyl groups excluding tert-OH is 1. The number of hydrogen-bond donors (Lipinski definition) is 2. The molecule has 1 fully saturated rings. The summed E-state index contributed by atoms with van der Waals surface area (Å²) in [5.74, 6) is -1.63. The molecule has 0 unspecified atom stereocenters. The van der Waals surface area contributed by atoms with Gasteiger partial charge in [0.05, 0.1) is 31.3 Å². The minimum atomic E-state index is -0.801. The normalized spacial score (nSPS) is 20.8. The molecule has 0 aromatic rings. The Balaban J connectivity index is 2.66. The van der Waals surface area contributed by atoms with Crippen LogP contribution >= 0.6 is 0 Å². The number of ether oxygens (including phenoxy) is 4. The zero-order chi connectivity index (χ0) is 26.3. The van der Waals surface area contributed by atoms with E-state index in [1.807, 2.05) is 6.08 Å². The second kappa shape index (κ2) is 17.0. The van der Waals surface area contributed by atoms with Gasteiger partial charge in [-0.05, 0) is 44.9 Å². The summed E-state index contributed by atoms with van der Waals surface area (Å²) in [5.41, 5.74) is 1.20. The molecule has 35 heavy (non-hydrogen) atoms. The highest BCUT2D eigenvalue weighted by Gasteiger charge is 2.41. The maximum atomic E-state index is 11.2. The number of methoxy groups -OCH3 is 1. The van der Waals surface area contributed by atoms with E-state index < -0.39 is 23.8 Å². The van der Waals surface area contributed by atoms with Crippen LogP contribution in [0.3, 0.4) is 0 Å². The summed E-state index contributed by atoms with van der Waals surface area (Å²) in [6.45, 7) is 11.3. The molecule has 0 aliphatic carbocycles. The molecule has 0 amide bonds. The predicted octanol–water partition coefficient (Wildman–Crippen LogP) is 5.49. The van der Waals surface area contributed by atoms with Crippen molar-refractivity contribution in [2.75, 3.05) is 27.1 Å². The Labute approximate surface area is 212 Å². The van der Waals surface area contributed by atoms with Crippen LogP contribution in [0, 0.1) is 17.8 Å². The van der Waals surface area contributed by atoms with E-state index in [1.54, 1.807) is 20.1 Å². The van der Waals surface area contributed by atoms with Gasteiger partial charge in [0.15, 0.2) is 5.79 Å². The third kappa shape index (κ3) is 11.8. The van der Waals surface area contributed by atoms with Crippen LogP contribution in [-0.4, -0.2) is 61.3 Å². The standard InChI is InChI=1S/C28H48O7/c1-7-8-11-21(2)18-22(3)19-26(33-20-32-6)25(29)13-10-9-12-24(5)28(34-16-17-35-28)15-14-23(4)27(30)31/h8,10-11,13,18,22-26,29H,7,9,12,14-17,19-20H2,1-6H3,(H,30,31)/b11-8+,13-10+,21-18+/t22-,23-,24-,25-,26-/m0/s1. The van der Waals surface area contributed by atoms with Gasteiger partial charge in [-0.15, -0.1) is 0 Å². The van der Waals surface area contributed by atoms with Gasteiger partial charge in [-0.25, -0.2) is 0 Å². The van der Waals surface area contributed by atoms with E-state index in [9.17, 15) is 15.0 Å². The zero-order valence-corrected chi connectivity index (χ0v) is 22.6. The molecule has 0 aromatic heterocycles. The number of carboxylic acids is 1. The summed E-state index contributed by atoms with van der Waals surface area (Å²) in [5, 5.41) is 20.0. The van der Waals surface area contributed by atoms with Crippen LogP contribution in [0.2, 0.25) is 0 Å². The van der Waals surface area contributed by atoms with Gasteiger partial charge in [-0.2, -0.15) is 0 Å². The minimum absolute atomic E-state index is 0.0950. The highest BCUT2D eigenvalue weighted by atomic mass is 16.7. The predicted molar refractivity (Wildman–Crippen MR) is 138 cm³/mol. The molecular formula is C28H48O7. The largest absolute Gasteiger partial charge is 0.481 e. The summed E-state index contributed by atoms with van der Waals surface area (Å²) in [6.07, 6.45) is 13.4. The van der Waals surface area contributed by atoms with E-state index in [4.69, 9.17) is 18.9 Å². The highest BCUT2D eigenvalue weighted by molar-refractivity contribution is 5.69. The van der Waals surface area contributed by atoms with Crippen molar-refractivity contribution in [1.82, 2.24) is 0 Å². The molecule has 7 heteroatoms. The van der Waals surface area contributed by atoms with Gasteiger partial charge < -0.3 is 29.2 Å². The molecule has 5 atom stereocenters. The zero-order valence-electron chi connectivity index (χ0n) is 22.6. The van der Waals surface area contributed by atoms with E-state index in [1.165, 1.54) is 5.57 Å². The second-order valence-electron chi connectivity index (χ2n) is 9.73. The Kier molecular flexibility index (Phi) is 15.3. The Bertz CT molecular complexity index is 679. The number of aliphatic carboxylic acids is 1. The molecule has 1 rings (SSSR count). The van der Waals surface area contributed by atoms with Crippen molar-refractivity contribution in [3.63, 3.8) is 0 Å². The van der Waals surface area contributed by atoms with Crippen LogP contribution in [0.1, 0.15) is 73.1 Å². The first kappa shape index (κ1) is 31.5. The van der Waals surface area contributed by atoms with Gasteiger partial charge in [0.1, 0.15) is 6.79 Å². The van der Waals surface area contributed by atoms with E-state index >= 15 is 0 Å². The molecular weight excluding hydrogens is 448 g/mol. The quantitative estimate of drug-likeness (QED) is 0.147. The van der Waals surface area contributed by atoms with Crippen molar-refractivity contribution < 1.29 is 34.0 Å². The lowest BCUT2D eigenvalue weighted by Gasteiger charge is -2.34. The van der Waals surface area contributed by atoms with Crippen LogP contribution in [0.15, 0.2) is 36.0 Å². The summed E-state index contributed by atoms with van der Waals surface area (Å²) < 4.78 is 22.8. The third-order valence-electron chi connectivity index (χ3n) is 6.52. The van der Waals surface area contributed by atoms with Crippen molar-refractivity contribution >= 4 is 5.97 Å². The van der Waals surface area contributed by atoms with Crippen molar-refractivity contribution in [3.8, 4) is 0 Å². The summed E-state index contributed by atoms with van der Waals surface area (Å²) in [7, 11) is 1.57. The van der Waals surface area contributed by atoms with E-state index in [0.29, 0.717) is 32.5 Å². The molecule has 0 radical (unpaired) electrons. The fourth-order valence-corrected chi connectivity index (χ4v) is 4.32. The fraction of sp³-hybridized carbons (Fsp3) is 0.750. The first-order valence-corrected chi connectivity index (χ1v) is 13.0. The number of rotatable bonds is 18. The first-order valence-electron chi connectivity index (χ1n) is 13.0. The van der Waals surface area contributed by atoms with Crippen molar-refractivity contribution in [1.29, 1.82) is 0 Å². The molecule has 1 saturated heterocycles. The molecule has 0 aromatic carbocycles. The van der Waals surface area contributed by atoms with Crippen LogP contribution in [0.4, 0.5) is 0 Å². The third-order valence-corrected chi connectivity index (χ3v) is 6.52. The minimum Gasteiger partial charge on any atom is -0.481 e. The number of aliphatic hydroxyl groups is 1. The van der Waals surface area contributed by atoms with Crippen LogP contribution in [0.5, 0.6) is 0 Å². The summed E-state index contributed by atoms with van der Waals surface area (Å²) >= 11 is 0. The van der Waals surface area contributed by atoms with Gasteiger partial charge in [0, 0.05) is 19.4 Å². The fourth-order valence-electron chi connectivity index (χ4n) is 4.32. The number of hydrogen-bond acceptors (Lipinski definition) is 6. The van der Waals surface area contributed by atoms with Gasteiger partial charge in [0.2, 0.25) is 0 Å². The molecule has 1 heterocycles. The van der Waals surface area contributed by atoms with Crippen molar-refractivity contribution in [3.05, 3.63) is 36.0 Å². The van der Waals surface area contributed by atoms with Crippen molar-refractivity contribution in [2.24, 2.45) is 17.8 Å². The molecule has 0 spiro atoms. The first-order chi connectivity index (χ1) is 16.6.